The first kappa shape index (κ1) is 35.9. The van der Waals surface area contributed by atoms with Gasteiger partial charge in [0.1, 0.15) is 43.4 Å². The molecular formula is C36H54O13. The van der Waals surface area contributed by atoms with Gasteiger partial charge in [-0.15, -0.1) is 0 Å². The van der Waals surface area contributed by atoms with Gasteiger partial charge in [0, 0.05) is 30.4 Å². The van der Waals surface area contributed by atoms with Crippen molar-refractivity contribution in [2.24, 2.45) is 34.5 Å². The third-order valence-electron chi connectivity index (χ3n) is 14.1. The van der Waals surface area contributed by atoms with Gasteiger partial charge < -0.3 is 58.7 Å². The number of fused-ring (bicyclic) bond motifs is 5. The molecule has 5 N–H and O–H groups in total. The van der Waals surface area contributed by atoms with E-state index >= 15 is 0 Å². The Morgan fingerprint density at radius 3 is 2.45 bits per heavy atom. The average Bonchev–Trinajstić information content (AvgIpc) is 3.64. The molecule has 13 heteroatoms. The lowest BCUT2D eigenvalue weighted by molar-refractivity contribution is -0.345. The fraction of sp³-hybridized carbons (Fsp3) is 0.889. The molecule has 13 nitrogen and oxygen atoms in total. The van der Waals surface area contributed by atoms with Crippen LogP contribution < -0.4 is 0 Å². The SMILES string of the molecule is CO[C@H]1C[C@H](O[C@H]2CC[C@@]3(C=O)[C@@H](CC[C@@H]4[C@@H]3CC[C@]3(C)[C@@H](C5=CC(=O)OC5)CC[C@]43O)C2)O[C@H](C)[C@@H]1O[C@@H]1O[C@H](CO)[C@@H](O)[C@H](O)[C@H]1O. The molecule has 0 aromatic heterocycles. The van der Waals surface area contributed by atoms with Crippen LogP contribution in [0.4, 0.5) is 0 Å². The van der Waals surface area contributed by atoms with Crippen molar-refractivity contribution in [1.29, 1.82) is 0 Å². The summed E-state index contributed by atoms with van der Waals surface area (Å²) in [6.45, 7) is 3.75. The first-order valence-corrected chi connectivity index (χ1v) is 18.2. The van der Waals surface area contributed by atoms with E-state index in [1.165, 1.54) is 6.29 Å². The zero-order valence-corrected chi connectivity index (χ0v) is 28.7. The highest BCUT2D eigenvalue weighted by atomic mass is 16.7. The van der Waals surface area contributed by atoms with E-state index in [9.17, 15) is 35.1 Å². The topological polar surface area (TPSA) is 191 Å². The molecule has 0 unspecified atom stereocenters. The zero-order chi connectivity index (χ0) is 34.9. The smallest absolute Gasteiger partial charge is 0.331 e. The molecular weight excluding hydrogens is 640 g/mol. The third kappa shape index (κ3) is 5.75. The number of hydrogen-bond acceptors (Lipinski definition) is 13. The van der Waals surface area contributed by atoms with Gasteiger partial charge >= 0.3 is 5.97 Å². The Bertz CT molecular complexity index is 1280. The molecule has 0 aromatic carbocycles. The normalized spacial score (nSPS) is 52.8. The Morgan fingerprint density at radius 1 is 0.959 bits per heavy atom. The summed E-state index contributed by atoms with van der Waals surface area (Å²) in [4.78, 5) is 25.1. The summed E-state index contributed by atoms with van der Waals surface area (Å²) < 4.78 is 35.4. The van der Waals surface area contributed by atoms with E-state index in [1.54, 1.807) is 20.1 Å². The van der Waals surface area contributed by atoms with Crippen LogP contribution in [-0.2, 0) is 38.0 Å². The number of cyclic esters (lactones) is 1. The van der Waals surface area contributed by atoms with E-state index in [0.29, 0.717) is 32.3 Å². The van der Waals surface area contributed by atoms with E-state index in [1.807, 2.05) is 0 Å². The van der Waals surface area contributed by atoms with Gasteiger partial charge in [-0.3, -0.25) is 0 Å². The monoisotopic (exact) mass is 694 g/mol. The molecule has 4 aliphatic carbocycles. The number of esters is 1. The number of ether oxygens (including phenoxy) is 6. The number of carbonyl (C=O) groups excluding carboxylic acids is 2. The van der Waals surface area contributed by atoms with Crippen LogP contribution in [0.15, 0.2) is 11.6 Å². The molecule has 3 aliphatic heterocycles. The van der Waals surface area contributed by atoms with Crippen LogP contribution in [-0.4, -0.2) is 125 Å². The van der Waals surface area contributed by atoms with Crippen molar-refractivity contribution in [3.05, 3.63) is 11.6 Å². The zero-order valence-electron chi connectivity index (χ0n) is 28.7. The lowest BCUT2D eigenvalue weighted by atomic mass is 9.43. The summed E-state index contributed by atoms with van der Waals surface area (Å²) in [7, 11) is 1.55. The van der Waals surface area contributed by atoms with E-state index in [2.05, 4.69) is 6.92 Å². The minimum Gasteiger partial charge on any atom is -0.458 e. The summed E-state index contributed by atoms with van der Waals surface area (Å²) in [5.41, 5.74) is -0.761. The first-order chi connectivity index (χ1) is 23.4. The molecule has 6 fully saturated rings. The molecule has 7 aliphatic rings. The number of aliphatic hydroxyl groups is 5. The maximum atomic E-state index is 13.2. The van der Waals surface area contributed by atoms with Crippen molar-refractivity contribution in [2.45, 2.75) is 145 Å². The van der Waals surface area contributed by atoms with E-state index in [4.69, 9.17) is 28.4 Å². The minimum absolute atomic E-state index is 0.0272. The molecule has 0 amide bonds. The Hall–Kier alpha value is -1.52. The van der Waals surface area contributed by atoms with Gasteiger partial charge in [0.25, 0.3) is 0 Å². The molecule has 0 spiro atoms. The molecule has 0 radical (unpaired) electrons. The van der Waals surface area contributed by atoms with Crippen molar-refractivity contribution in [1.82, 2.24) is 0 Å². The van der Waals surface area contributed by atoms with Crippen molar-refractivity contribution in [3.8, 4) is 0 Å². The summed E-state index contributed by atoms with van der Waals surface area (Å²) in [5, 5.41) is 52.9. The second-order valence-corrected chi connectivity index (χ2v) is 16.1. The Labute approximate surface area is 287 Å². The fourth-order valence-electron chi connectivity index (χ4n) is 11.5. The number of carbonyl (C=O) groups is 2. The molecule has 0 aromatic rings. The van der Waals surface area contributed by atoms with Crippen molar-refractivity contribution >= 4 is 12.3 Å². The van der Waals surface area contributed by atoms with Crippen molar-refractivity contribution < 1.29 is 63.5 Å². The minimum atomic E-state index is -1.56. The number of hydrogen-bond donors (Lipinski definition) is 5. The van der Waals surface area contributed by atoms with Gasteiger partial charge in [-0.1, -0.05) is 6.92 Å². The lowest BCUT2D eigenvalue weighted by Gasteiger charge is -2.63. The molecule has 3 heterocycles. The van der Waals surface area contributed by atoms with Gasteiger partial charge in [-0.2, -0.15) is 0 Å². The molecule has 2 saturated heterocycles. The lowest BCUT2D eigenvalue weighted by Crippen LogP contribution is -2.63. The molecule has 0 bridgehead atoms. The number of methoxy groups -OCH3 is 1. The van der Waals surface area contributed by atoms with Crippen LogP contribution in [0.25, 0.3) is 0 Å². The highest BCUT2D eigenvalue weighted by molar-refractivity contribution is 5.85. The highest BCUT2D eigenvalue weighted by Gasteiger charge is 2.68. The summed E-state index contributed by atoms with van der Waals surface area (Å²) in [6.07, 6.45) is 0.732. The van der Waals surface area contributed by atoms with Crippen LogP contribution in [0, 0.1) is 34.5 Å². The maximum absolute atomic E-state index is 13.2. The van der Waals surface area contributed by atoms with E-state index in [-0.39, 0.29) is 41.2 Å². The summed E-state index contributed by atoms with van der Waals surface area (Å²) in [6, 6.07) is 0. The molecule has 7 rings (SSSR count). The molecule has 17 atom stereocenters. The Morgan fingerprint density at radius 2 is 1.76 bits per heavy atom. The summed E-state index contributed by atoms with van der Waals surface area (Å²) >= 11 is 0. The second-order valence-electron chi connectivity index (χ2n) is 16.1. The number of rotatable bonds is 8. The average molecular weight is 695 g/mol. The predicted molar refractivity (Wildman–Crippen MR) is 169 cm³/mol. The highest BCUT2D eigenvalue weighted by Crippen LogP contribution is 2.69. The van der Waals surface area contributed by atoms with E-state index < -0.39 is 72.9 Å². The van der Waals surface area contributed by atoms with E-state index in [0.717, 1.165) is 44.1 Å². The van der Waals surface area contributed by atoms with Crippen molar-refractivity contribution in [2.75, 3.05) is 20.3 Å². The summed E-state index contributed by atoms with van der Waals surface area (Å²) in [5.74, 6) is 0.0740. The molecule has 276 valence electrons. The molecule has 4 saturated carbocycles. The molecule has 49 heavy (non-hydrogen) atoms. The number of aliphatic hydroxyl groups excluding tert-OH is 4. The van der Waals surface area contributed by atoms with Crippen LogP contribution in [0.2, 0.25) is 0 Å². The van der Waals surface area contributed by atoms with Gasteiger partial charge in [0.15, 0.2) is 12.6 Å². The number of aldehydes is 1. The van der Waals surface area contributed by atoms with Crippen LogP contribution in [0.1, 0.15) is 78.1 Å². The Kier molecular flexibility index (Phi) is 9.86. The van der Waals surface area contributed by atoms with Gasteiger partial charge in [-0.05, 0) is 94.0 Å². The maximum Gasteiger partial charge on any atom is 0.331 e. The third-order valence-corrected chi connectivity index (χ3v) is 14.1. The standard InChI is InChI=1S/C36H54O13/c1-18-32(49-33-31(42)30(41)29(40)26(15-37)48-33)25(44-3)14-28(46-18)47-21-6-10-35(17-38)20(13-21)4-5-24-23(35)7-9-34(2)22(8-11-36(24,34)43)19-12-27(39)45-16-19/h12,17-18,20-26,28-33,37,40-43H,4-11,13-16H2,1-3H3/t18-,20+,21+,22-,23+,24-,25+,26-,28+,29-,30+,31-,32+,33+,34-,35-,36+/m1/s1. The largest absolute Gasteiger partial charge is 0.458 e. The Balaban J connectivity index is 0.990. The van der Waals surface area contributed by atoms with Crippen LogP contribution in [0.3, 0.4) is 0 Å². The quantitative estimate of drug-likeness (QED) is 0.138. The van der Waals surface area contributed by atoms with Gasteiger partial charge in [-0.25, -0.2) is 4.79 Å². The fourth-order valence-corrected chi connectivity index (χ4v) is 11.5. The first-order valence-electron chi connectivity index (χ1n) is 18.2. The van der Waals surface area contributed by atoms with Gasteiger partial charge in [0.2, 0.25) is 0 Å². The second kappa shape index (κ2) is 13.5. The van der Waals surface area contributed by atoms with Gasteiger partial charge in [0.05, 0.1) is 30.5 Å². The van der Waals surface area contributed by atoms with Crippen LogP contribution >= 0.6 is 0 Å². The predicted octanol–water partition coefficient (Wildman–Crippen LogP) is 1.14. The van der Waals surface area contributed by atoms with Crippen molar-refractivity contribution in [3.63, 3.8) is 0 Å². The van der Waals surface area contributed by atoms with Crippen LogP contribution in [0.5, 0.6) is 0 Å².